The molecule has 1 fully saturated rings. The molecule has 0 amide bonds. The molecule has 4 atom stereocenters. The first-order chi connectivity index (χ1) is 14.4. The third kappa shape index (κ3) is 5.42. The van der Waals surface area contributed by atoms with Crippen molar-refractivity contribution in [3.63, 3.8) is 0 Å². The first-order valence-electron chi connectivity index (χ1n) is 9.78. The van der Waals surface area contributed by atoms with Gasteiger partial charge in [-0.05, 0) is 37.6 Å². The van der Waals surface area contributed by atoms with E-state index in [1.807, 2.05) is 36.4 Å². The van der Waals surface area contributed by atoms with Gasteiger partial charge in [-0.3, -0.25) is 0 Å². The number of rotatable bonds is 9. The molecule has 1 aliphatic rings. The molecule has 0 aromatic heterocycles. The van der Waals surface area contributed by atoms with Gasteiger partial charge in [0.15, 0.2) is 12.1 Å². The molecule has 158 valence electrons. The van der Waals surface area contributed by atoms with Crippen molar-refractivity contribution in [2.24, 2.45) is 0 Å². The van der Waals surface area contributed by atoms with Gasteiger partial charge in [0, 0.05) is 0 Å². The lowest BCUT2D eigenvalue weighted by molar-refractivity contribution is -0.164. The third-order valence-corrected chi connectivity index (χ3v) is 4.72. The van der Waals surface area contributed by atoms with Crippen LogP contribution in [0.3, 0.4) is 0 Å². The maximum Gasteiger partial charge on any atom is 0.338 e. The summed E-state index contributed by atoms with van der Waals surface area (Å²) in [5.74, 6) is -1.49. The Hall–Kier alpha value is -2.80. The lowest BCUT2D eigenvalue weighted by Gasteiger charge is -2.27. The summed E-state index contributed by atoms with van der Waals surface area (Å²) >= 11 is 0. The molecule has 2 aromatic rings. The molecule has 0 unspecified atom stereocenters. The van der Waals surface area contributed by atoms with Crippen LogP contribution in [0.15, 0.2) is 73.3 Å². The van der Waals surface area contributed by atoms with Gasteiger partial charge in [-0.25, -0.2) is 4.79 Å². The van der Waals surface area contributed by atoms with Gasteiger partial charge in [-0.1, -0.05) is 55.1 Å². The van der Waals surface area contributed by atoms with E-state index < -0.39 is 36.2 Å². The van der Waals surface area contributed by atoms with Crippen LogP contribution in [-0.2, 0) is 30.3 Å². The summed E-state index contributed by atoms with van der Waals surface area (Å²) in [6, 6.07) is 18.1. The van der Waals surface area contributed by atoms with Crippen molar-refractivity contribution in [2.45, 2.75) is 50.7 Å². The van der Waals surface area contributed by atoms with Gasteiger partial charge in [0.2, 0.25) is 0 Å². The van der Waals surface area contributed by atoms with E-state index in [4.69, 9.17) is 18.9 Å². The van der Waals surface area contributed by atoms with Crippen molar-refractivity contribution < 1.29 is 28.5 Å². The van der Waals surface area contributed by atoms with Crippen LogP contribution >= 0.6 is 0 Å². The summed E-state index contributed by atoms with van der Waals surface area (Å²) in [6.45, 7) is 7.48. The molecule has 2 aromatic carbocycles. The van der Waals surface area contributed by atoms with E-state index in [9.17, 15) is 9.59 Å². The smallest absolute Gasteiger partial charge is 0.338 e. The van der Waals surface area contributed by atoms with E-state index in [1.165, 1.54) is 6.08 Å². The van der Waals surface area contributed by atoms with Crippen LogP contribution in [-0.4, -0.2) is 42.5 Å². The summed E-state index contributed by atoms with van der Waals surface area (Å²) in [5, 5.41) is 0. The largest absolute Gasteiger partial charge is 0.452 e. The van der Waals surface area contributed by atoms with Gasteiger partial charge < -0.3 is 23.7 Å². The minimum absolute atomic E-state index is 0.236. The number of aldehydes is 1. The van der Waals surface area contributed by atoms with Crippen molar-refractivity contribution in [3.8, 4) is 0 Å². The normalized spacial score (nSPS) is 22.1. The zero-order valence-corrected chi connectivity index (χ0v) is 17.1. The van der Waals surface area contributed by atoms with Crippen molar-refractivity contribution in [2.75, 3.05) is 0 Å². The molecule has 0 N–H and O–H groups in total. The van der Waals surface area contributed by atoms with Crippen molar-refractivity contribution in [1.29, 1.82) is 0 Å². The first kappa shape index (κ1) is 21.9. The fourth-order valence-corrected chi connectivity index (χ4v) is 3.32. The fraction of sp³-hybridized carbons (Fsp3) is 0.333. The summed E-state index contributed by atoms with van der Waals surface area (Å²) in [5.41, 5.74) is 1.33. The topological polar surface area (TPSA) is 71.1 Å². The molecule has 0 bridgehead atoms. The predicted octanol–water partition coefficient (Wildman–Crippen LogP) is 3.70. The second kappa shape index (κ2) is 9.80. The van der Waals surface area contributed by atoms with Crippen LogP contribution in [0.2, 0.25) is 0 Å². The predicted molar refractivity (Wildman–Crippen MR) is 111 cm³/mol. The number of esters is 1. The molecule has 3 rings (SSSR count). The average Bonchev–Trinajstić information content (AvgIpc) is 3.08. The van der Waals surface area contributed by atoms with Crippen molar-refractivity contribution in [1.82, 2.24) is 0 Å². The Labute approximate surface area is 176 Å². The van der Waals surface area contributed by atoms with Gasteiger partial charge in [-0.2, -0.15) is 0 Å². The molecular weight excluding hydrogens is 384 g/mol. The Morgan fingerprint density at radius 2 is 1.60 bits per heavy atom. The Kier molecular flexibility index (Phi) is 7.15. The van der Waals surface area contributed by atoms with Crippen LogP contribution in [0, 0.1) is 0 Å². The number of benzene rings is 2. The van der Waals surface area contributed by atoms with Crippen LogP contribution < -0.4 is 0 Å². The van der Waals surface area contributed by atoms with E-state index in [-0.39, 0.29) is 6.61 Å². The number of hydrogen-bond acceptors (Lipinski definition) is 6. The van der Waals surface area contributed by atoms with Crippen LogP contribution in [0.5, 0.6) is 0 Å². The third-order valence-electron chi connectivity index (χ3n) is 4.72. The molecule has 30 heavy (non-hydrogen) atoms. The molecule has 0 saturated carbocycles. The highest BCUT2D eigenvalue weighted by Gasteiger charge is 2.49. The van der Waals surface area contributed by atoms with Crippen molar-refractivity contribution in [3.05, 3.63) is 84.4 Å². The molecule has 1 heterocycles. The lowest BCUT2D eigenvalue weighted by Crippen LogP contribution is -2.45. The summed E-state index contributed by atoms with van der Waals surface area (Å²) in [6.07, 6.45) is -1.10. The van der Waals surface area contributed by atoms with Gasteiger partial charge in [0.05, 0.1) is 12.2 Å². The standard InChI is InChI=1S/C24H26O6/c1-4-19(28-23(26)18-13-9-6-10-14-18)21-22(30-24(2,3)29-21)20(15-25)27-16-17-11-7-5-8-12-17/h4-15,19-22H,1,16H2,2-3H3/t19-,20+,21-,22-/m0/s1. The van der Waals surface area contributed by atoms with Gasteiger partial charge in [-0.15, -0.1) is 0 Å². The Balaban J connectivity index is 1.74. The number of ether oxygens (including phenoxy) is 4. The SMILES string of the molecule is C=C[C@H](OC(=O)c1ccccc1)[C@@H]1OC(C)(C)O[C@H]1[C@@H](C=O)OCc1ccccc1. The quantitative estimate of drug-likeness (QED) is 0.357. The zero-order valence-electron chi connectivity index (χ0n) is 17.1. The Morgan fingerprint density at radius 1 is 1.03 bits per heavy atom. The van der Waals surface area contributed by atoms with E-state index in [2.05, 4.69) is 6.58 Å². The first-order valence-corrected chi connectivity index (χ1v) is 9.78. The molecule has 0 radical (unpaired) electrons. The van der Waals surface area contributed by atoms with Crippen LogP contribution in [0.4, 0.5) is 0 Å². The number of carbonyl (C=O) groups is 2. The van der Waals surface area contributed by atoms with Crippen LogP contribution in [0.1, 0.15) is 29.8 Å². The molecule has 6 heteroatoms. The fourth-order valence-electron chi connectivity index (χ4n) is 3.32. The number of carbonyl (C=O) groups excluding carboxylic acids is 2. The van der Waals surface area contributed by atoms with E-state index >= 15 is 0 Å². The molecule has 6 nitrogen and oxygen atoms in total. The molecule has 0 spiro atoms. The van der Waals surface area contributed by atoms with Gasteiger partial charge >= 0.3 is 5.97 Å². The van der Waals surface area contributed by atoms with E-state index in [1.54, 1.807) is 38.1 Å². The molecule has 1 saturated heterocycles. The van der Waals surface area contributed by atoms with E-state index in [0.29, 0.717) is 11.8 Å². The Morgan fingerprint density at radius 3 is 2.17 bits per heavy atom. The maximum atomic E-state index is 12.5. The highest BCUT2D eigenvalue weighted by atomic mass is 16.8. The van der Waals surface area contributed by atoms with Gasteiger partial charge in [0.25, 0.3) is 0 Å². The highest BCUT2D eigenvalue weighted by Crippen LogP contribution is 2.34. The Bertz CT molecular complexity index is 849. The minimum atomic E-state index is -0.979. The minimum Gasteiger partial charge on any atom is -0.452 e. The second-order valence-corrected chi connectivity index (χ2v) is 7.43. The highest BCUT2D eigenvalue weighted by molar-refractivity contribution is 5.89. The summed E-state index contributed by atoms with van der Waals surface area (Å²) in [4.78, 5) is 24.4. The summed E-state index contributed by atoms with van der Waals surface area (Å²) in [7, 11) is 0. The van der Waals surface area contributed by atoms with E-state index in [0.717, 1.165) is 5.56 Å². The van der Waals surface area contributed by atoms with Crippen molar-refractivity contribution >= 4 is 12.3 Å². The molecule has 1 aliphatic heterocycles. The molecular formula is C24H26O6. The molecule has 0 aliphatic carbocycles. The average molecular weight is 410 g/mol. The maximum absolute atomic E-state index is 12.5. The van der Waals surface area contributed by atoms with Gasteiger partial charge in [0.1, 0.15) is 24.4 Å². The number of hydrogen-bond donors (Lipinski definition) is 0. The van der Waals surface area contributed by atoms with Crippen LogP contribution in [0.25, 0.3) is 0 Å². The monoisotopic (exact) mass is 410 g/mol. The summed E-state index contributed by atoms with van der Waals surface area (Å²) < 4.78 is 23.4. The lowest BCUT2D eigenvalue weighted by atomic mass is 10.0. The zero-order chi connectivity index (χ0) is 21.6. The second-order valence-electron chi connectivity index (χ2n) is 7.43.